The van der Waals surface area contributed by atoms with Gasteiger partial charge in [-0.05, 0) is 18.6 Å². The summed E-state index contributed by atoms with van der Waals surface area (Å²) in [5.74, 6) is -0.00736. The van der Waals surface area contributed by atoms with Crippen molar-refractivity contribution in [3.63, 3.8) is 0 Å². The molecule has 0 spiro atoms. The molecule has 1 aromatic heterocycles. The number of rotatable bonds is 2. The van der Waals surface area contributed by atoms with Crippen molar-refractivity contribution in [2.75, 3.05) is 5.32 Å². The van der Waals surface area contributed by atoms with E-state index < -0.39 is 6.04 Å². The fourth-order valence-electron chi connectivity index (χ4n) is 2.04. The summed E-state index contributed by atoms with van der Waals surface area (Å²) in [6.45, 7) is 0. The number of hydrogen-bond acceptors (Lipinski definition) is 5. The Morgan fingerprint density at radius 2 is 2.00 bits per heavy atom. The van der Waals surface area contributed by atoms with Gasteiger partial charge in [-0.25, -0.2) is 4.98 Å². The lowest BCUT2D eigenvalue weighted by atomic mass is 10.1. The second-order valence-electron chi connectivity index (χ2n) is 4.39. The summed E-state index contributed by atoms with van der Waals surface area (Å²) in [7, 11) is 0. The van der Waals surface area contributed by atoms with Crippen molar-refractivity contribution >= 4 is 28.7 Å². The highest BCUT2D eigenvalue weighted by molar-refractivity contribution is 6.01. The topological polar surface area (TPSA) is 84.0 Å². The number of piperidine rings is 1. The number of aromatic nitrogens is 2. The van der Waals surface area contributed by atoms with Crippen LogP contribution in [-0.2, 0) is 9.59 Å². The van der Waals surface area contributed by atoms with Gasteiger partial charge >= 0.3 is 0 Å². The van der Waals surface area contributed by atoms with Crippen LogP contribution in [0.5, 0.6) is 0 Å². The molecule has 0 bridgehead atoms. The SMILES string of the molecule is O=C1CCC(Nc2cnc3ccccc3n2)C(=O)N1. The molecule has 2 N–H and O–H groups in total. The smallest absolute Gasteiger partial charge is 0.249 e. The number of anilines is 1. The molecule has 1 saturated heterocycles. The molecule has 1 atom stereocenters. The van der Waals surface area contributed by atoms with Gasteiger partial charge in [-0.2, -0.15) is 0 Å². The van der Waals surface area contributed by atoms with Crippen LogP contribution in [0.3, 0.4) is 0 Å². The van der Waals surface area contributed by atoms with E-state index in [1.165, 1.54) is 0 Å². The molecule has 2 amide bonds. The van der Waals surface area contributed by atoms with Crippen LogP contribution in [0.25, 0.3) is 11.0 Å². The van der Waals surface area contributed by atoms with Crippen LogP contribution in [-0.4, -0.2) is 27.8 Å². The molecule has 0 aliphatic carbocycles. The Morgan fingerprint density at radius 1 is 1.21 bits per heavy atom. The summed E-state index contributed by atoms with van der Waals surface area (Å²) in [5.41, 5.74) is 1.57. The van der Waals surface area contributed by atoms with Gasteiger partial charge in [-0.1, -0.05) is 12.1 Å². The van der Waals surface area contributed by atoms with Crippen LogP contribution in [0.15, 0.2) is 30.5 Å². The monoisotopic (exact) mass is 256 g/mol. The van der Waals surface area contributed by atoms with E-state index in [1.807, 2.05) is 24.3 Å². The van der Waals surface area contributed by atoms with Crippen molar-refractivity contribution in [1.82, 2.24) is 15.3 Å². The maximum absolute atomic E-state index is 11.6. The summed E-state index contributed by atoms with van der Waals surface area (Å²) < 4.78 is 0. The maximum atomic E-state index is 11.6. The molecular formula is C13H12N4O2. The van der Waals surface area contributed by atoms with Crippen LogP contribution in [0.4, 0.5) is 5.82 Å². The average Bonchev–Trinajstić information content (AvgIpc) is 2.42. The van der Waals surface area contributed by atoms with E-state index in [4.69, 9.17) is 0 Å². The summed E-state index contributed by atoms with van der Waals surface area (Å²) >= 11 is 0. The number of para-hydroxylation sites is 2. The Labute approximate surface area is 109 Å². The number of hydrogen-bond donors (Lipinski definition) is 2. The average molecular weight is 256 g/mol. The number of benzene rings is 1. The van der Waals surface area contributed by atoms with Crippen LogP contribution < -0.4 is 10.6 Å². The summed E-state index contributed by atoms with van der Waals surface area (Å²) in [4.78, 5) is 31.3. The lowest BCUT2D eigenvalue weighted by Crippen LogP contribution is -2.47. The predicted octanol–water partition coefficient (Wildman–Crippen LogP) is 0.847. The van der Waals surface area contributed by atoms with E-state index >= 15 is 0 Å². The van der Waals surface area contributed by atoms with Gasteiger partial charge in [0.1, 0.15) is 11.9 Å². The van der Waals surface area contributed by atoms with Gasteiger partial charge in [0.05, 0.1) is 17.2 Å². The van der Waals surface area contributed by atoms with Crippen LogP contribution in [0, 0.1) is 0 Å². The zero-order chi connectivity index (χ0) is 13.2. The van der Waals surface area contributed by atoms with Crippen molar-refractivity contribution in [1.29, 1.82) is 0 Å². The molecule has 1 aromatic carbocycles. The molecule has 0 saturated carbocycles. The third kappa shape index (κ3) is 2.37. The number of nitrogens with one attached hydrogen (secondary N) is 2. The van der Waals surface area contributed by atoms with Crippen molar-refractivity contribution in [2.45, 2.75) is 18.9 Å². The third-order valence-corrected chi connectivity index (χ3v) is 3.01. The Bertz CT molecular complexity index is 656. The zero-order valence-corrected chi connectivity index (χ0v) is 10.1. The Hall–Kier alpha value is -2.50. The van der Waals surface area contributed by atoms with Gasteiger partial charge in [-0.15, -0.1) is 0 Å². The second-order valence-corrected chi connectivity index (χ2v) is 4.39. The fraction of sp³-hybridized carbons (Fsp3) is 0.231. The van der Waals surface area contributed by atoms with E-state index in [-0.39, 0.29) is 11.8 Å². The zero-order valence-electron chi connectivity index (χ0n) is 10.1. The van der Waals surface area contributed by atoms with Gasteiger partial charge in [0.2, 0.25) is 11.8 Å². The lowest BCUT2D eigenvalue weighted by Gasteiger charge is -2.22. The number of nitrogens with zero attached hydrogens (tertiary/aromatic N) is 2. The minimum absolute atomic E-state index is 0.229. The highest BCUT2D eigenvalue weighted by Crippen LogP contribution is 2.14. The van der Waals surface area contributed by atoms with Crippen molar-refractivity contribution < 1.29 is 9.59 Å². The molecule has 6 heteroatoms. The number of carbonyl (C=O) groups excluding carboxylic acids is 2. The minimum Gasteiger partial charge on any atom is -0.357 e. The van der Waals surface area contributed by atoms with E-state index in [0.29, 0.717) is 18.7 Å². The molecule has 19 heavy (non-hydrogen) atoms. The van der Waals surface area contributed by atoms with E-state index in [2.05, 4.69) is 20.6 Å². The third-order valence-electron chi connectivity index (χ3n) is 3.01. The summed E-state index contributed by atoms with van der Waals surface area (Å²) in [6, 6.07) is 7.07. The number of carbonyl (C=O) groups is 2. The Morgan fingerprint density at radius 3 is 2.79 bits per heavy atom. The van der Waals surface area contributed by atoms with Gasteiger partial charge in [0, 0.05) is 6.42 Å². The predicted molar refractivity (Wildman–Crippen MR) is 69.3 cm³/mol. The lowest BCUT2D eigenvalue weighted by molar-refractivity contribution is -0.133. The van der Waals surface area contributed by atoms with Crippen LogP contribution in [0.2, 0.25) is 0 Å². The Kier molecular flexibility index (Phi) is 2.83. The first-order valence-electron chi connectivity index (χ1n) is 6.04. The fourth-order valence-corrected chi connectivity index (χ4v) is 2.04. The molecule has 96 valence electrons. The molecule has 0 radical (unpaired) electrons. The van der Waals surface area contributed by atoms with Crippen molar-refractivity contribution in [3.8, 4) is 0 Å². The van der Waals surface area contributed by atoms with Gasteiger partial charge in [0.25, 0.3) is 0 Å². The minimum atomic E-state index is -0.437. The van der Waals surface area contributed by atoms with E-state index in [0.717, 1.165) is 11.0 Å². The van der Waals surface area contributed by atoms with Gasteiger partial charge < -0.3 is 5.32 Å². The maximum Gasteiger partial charge on any atom is 0.249 e. The normalized spacial score (nSPS) is 19.3. The van der Waals surface area contributed by atoms with Crippen LogP contribution in [0.1, 0.15) is 12.8 Å². The molecule has 1 unspecified atom stereocenters. The second kappa shape index (κ2) is 4.64. The Balaban J connectivity index is 1.81. The largest absolute Gasteiger partial charge is 0.357 e. The van der Waals surface area contributed by atoms with Gasteiger partial charge in [-0.3, -0.25) is 19.9 Å². The first kappa shape index (κ1) is 11.6. The highest BCUT2D eigenvalue weighted by atomic mass is 16.2. The molecule has 1 fully saturated rings. The molecular weight excluding hydrogens is 244 g/mol. The number of amides is 2. The number of fused-ring (bicyclic) bond motifs is 1. The summed E-state index contributed by atoms with van der Waals surface area (Å²) in [6.07, 6.45) is 2.40. The van der Waals surface area contributed by atoms with E-state index in [9.17, 15) is 9.59 Å². The van der Waals surface area contributed by atoms with Crippen molar-refractivity contribution in [3.05, 3.63) is 30.5 Å². The van der Waals surface area contributed by atoms with Crippen molar-refractivity contribution in [2.24, 2.45) is 0 Å². The number of imide groups is 1. The first-order chi connectivity index (χ1) is 9.22. The molecule has 3 rings (SSSR count). The molecule has 1 aliphatic rings. The van der Waals surface area contributed by atoms with Gasteiger partial charge in [0.15, 0.2) is 0 Å². The quantitative estimate of drug-likeness (QED) is 0.778. The first-order valence-corrected chi connectivity index (χ1v) is 6.04. The molecule has 2 heterocycles. The highest BCUT2D eigenvalue weighted by Gasteiger charge is 2.26. The van der Waals surface area contributed by atoms with E-state index in [1.54, 1.807) is 6.20 Å². The molecule has 1 aliphatic heterocycles. The van der Waals surface area contributed by atoms with Crippen LogP contribution >= 0.6 is 0 Å². The standard InChI is InChI=1S/C13H12N4O2/c18-12-6-5-10(13(19)17-12)16-11-7-14-8-3-1-2-4-9(8)15-11/h1-4,7,10H,5-6H2,(H,15,16)(H,17,18,19). The molecule has 2 aromatic rings. The molecule has 6 nitrogen and oxygen atoms in total. The summed E-state index contributed by atoms with van der Waals surface area (Å²) in [5, 5.41) is 5.30.